The molecule has 3 rings (SSSR count). The average Bonchev–Trinajstić information content (AvgIpc) is 2.77. The first kappa shape index (κ1) is 22.1. The summed E-state index contributed by atoms with van der Waals surface area (Å²) in [5.74, 6) is -0.832. The van der Waals surface area contributed by atoms with Crippen molar-refractivity contribution in [1.82, 2.24) is 0 Å². The number of carbonyl (C=O) groups excluding carboxylic acids is 1. The maximum atomic E-state index is 14.1. The lowest BCUT2D eigenvalue weighted by Crippen LogP contribution is -2.16. The van der Waals surface area contributed by atoms with Crippen LogP contribution in [-0.4, -0.2) is 34.2 Å². The van der Waals surface area contributed by atoms with Crippen LogP contribution in [0, 0.1) is 5.82 Å². The van der Waals surface area contributed by atoms with Crippen LogP contribution in [0.2, 0.25) is 0 Å². The van der Waals surface area contributed by atoms with E-state index < -0.39 is 5.97 Å². The number of rotatable bonds is 7. The smallest absolute Gasteiger partial charge is 0.330 e. The first-order chi connectivity index (χ1) is 14.9. The van der Waals surface area contributed by atoms with E-state index in [2.05, 4.69) is 58.2 Å². The predicted octanol–water partition coefficient (Wildman–Crippen LogP) is 5.38. The van der Waals surface area contributed by atoms with Crippen molar-refractivity contribution >= 4 is 23.4 Å². The number of benzene rings is 3. The standard InChI is InChI=1S/C26H27FN2O2/c1-28(2)24-12-10-22(11-13-24)21-8-5-19(6-9-21)18-29(3)25-16-20(15-23(27)17-25)7-14-26(30)31-4/h5-17H,18H2,1-4H3/b14-7+. The zero-order valence-corrected chi connectivity index (χ0v) is 18.3. The second kappa shape index (κ2) is 9.94. The Labute approximate surface area is 183 Å². The van der Waals surface area contributed by atoms with Gasteiger partial charge in [0.1, 0.15) is 5.82 Å². The SMILES string of the molecule is COC(=O)/C=C/c1cc(F)cc(N(C)Cc2ccc(-c3ccc(N(C)C)cc3)cc2)c1. The van der Waals surface area contributed by atoms with Crippen LogP contribution in [0.15, 0.2) is 72.8 Å². The van der Waals surface area contributed by atoms with Crippen LogP contribution < -0.4 is 9.80 Å². The van der Waals surface area contributed by atoms with Gasteiger partial charge in [0.05, 0.1) is 7.11 Å². The van der Waals surface area contributed by atoms with Gasteiger partial charge in [-0.25, -0.2) is 9.18 Å². The number of methoxy groups -OCH3 is 1. The Hall–Kier alpha value is -3.60. The summed E-state index contributed by atoms with van der Waals surface area (Å²) >= 11 is 0. The van der Waals surface area contributed by atoms with Gasteiger partial charge in [-0.05, 0) is 58.7 Å². The van der Waals surface area contributed by atoms with Crippen molar-refractivity contribution < 1.29 is 13.9 Å². The van der Waals surface area contributed by atoms with E-state index in [4.69, 9.17) is 0 Å². The Morgan fingerprint density at radius 2 is 1.52 bits per heavy atom. The van der Waals surface area contributed by atoms with E-state index >= 15 is 0 Å². The van der Waals surface area contributed by atoms with Gasteiger partial charge >= 0.3 is 5.97 Å². The van der Waals surface area contributed by atoms with E-state index in [0.717, 1.165) is 28.1 Å². The third-order valence-corrected chi connectivity index (χ3v) is 5.05. The molecule has 3 aromatic carbocycles. The molecule has 0 aliphatic heterocycles. The zero-order chi connectivity index (χ0) is 22.4. The number of halogens is 1. The molecule has 0 saturated heterocycles. The normalized spacial score (nSPS) is 10.9. The van der Waals surface area contributed by atoms with E-state index in [1.807, 2.05) is 32.1 Å². The van der Waals surface area contributed by atoms with Crippen molar-refractivity contribution in [3.05, 3.63) is 89.8 Å². The van der Waals surface area contributed by atoms with E-state index in [1.165, 1.54) is 25.3 Å². The summed E-state index contributed by atoms with van der Waals surface area (Å²) in [4.78, 5) is 15.3. The van der Waals surface area contributed by atoms with Crippen molar-refractivity contribution in [2.75, 3.05) is 38.1 Å². The van der Waals surface area contributed by atoms with E-state index in [-0.39, 0.29) is 5.82 Å². The fraction of sp³-hybridized carbons (Fsp3) is 0.192. The molecule has 5 heteroatoms. The summed E-state index contributed by atoms with van der Waals surface area (Å²) in [5, 5.41) is 0. The topological polar surface area (TPSA) is 32.8 Å². The lowest BCUT2D eigenvalue weighted by atomic mass is 10.0. The molecule has 0 aromatic heterocycles. The van der Waals surface area contributed by atoms with Gasteiger partial charge in [-0.15, -0.1) is 0 Å². The van der Waals surface area contributed by atoms with Gasteiger partial charge in [-0.3, -0.25) is 0 Å². The Balaban J connectivity index is 1.72. The highest BCUT2D eigenvalue weighted by atomic mass is 19.1. The fourth-order valence-corrected chi connectivity index (χ4v) is 3.26. The molecule has 3 aromatic rings. The molecule has 0 saturated carbocycles. The van der Waals surface area contributed by atoms with Gasteiger partial charge in [-0.2, -0.15) is 0 Å². The minimum Gasteiger partial charge on any atom is -0.466 e. The van der Waals surface area contributed by atoms with Crippen LogP contribution in [-0.2, 0) is 16.1 Å². The number of hydrogen-bond donors (Lipinski definition) is 0. The summed E-state index contributed by atoms with van der Waals surface area (Å²) in [7, 11) is 7.27. The van der Waals surface area contributed by atoms with E-state index in [0.29, 0.717) is 12.1 Å². The van der Waals surface area contributed by atoms with Crippen LogP contribution in [0.5, 0.6) is 0 Å². The Kier molecular flexibility index (Phi) is 7.08. The maximum absolute atomic E-state index is 14.1. The van der Waals surface area contributed by atoms with Crippen molar-refractivity contribution in [1.29, 1.82) is 0 Å². The van der Waals surface area contributed by atoms with Crippen LogP contribution >= 0.6 is 0 Å². The van der Waals surface area contributed by atoms with Gasteiger partial charge in [0.2, 0.25) is 0 Å². The molecular formula is C26H27FN2O2. The van der Waals surface area contributed by atoms with E-state index in [9.17, 15) is 9.18 Å². The number of carbonyl (C=O) groups is 1. The van der Waals surface area contributed by atoms with Crippen molar-refractivity contribution in [3.8, 4) is 11.1 Å². The summed E-state index contributed by atoms with van der Waals surface area (Å²) in [6.45, 7) is 0.628. The monoisotopic (exact) mass is 418 g/mol. The van der Waals surface area contributed by atoms with Crippen molar-refractivity contribution in [2.45, 2.75) is 6.54 Å². The highest BCUT2D eigenvalue weighted by molar-refractivity contribution is 5.87. The predicted molar refractivity (Wildman–Crippen MR) is 126 cm³/mol. The number of esters is 1. The summed E-state index contributed by atoms with van der Waals surface area (Å²) in [5.41, 5.74) is 5.93. The highest BCUT2D eigenvalue weighted by Crippen LogP contribution is 2.24. The minimum atomic E-state index is -0.476. The lowest BCUT2D eigenvalue weighted by molar-refractivity contribution is -0.134. The minimum absolute atomic E-state index is 0.356. The first-order valence-electron chi connectivity index (χ1n) is 10.00. The summed E-state index contributed by atoms with van der Waals surface area (Å²) in [6.07, 6.45) is 2.82. The second-order valence-corrected chi connectivity index (χ2v) is 7.59. The Morgan fingerprint density at radius 1 is 0.903 bits per heavy atom. The molecule has 0 amide bonds. The van der Waals surface area contributed by atoms with E-state index in [1.54, 1.807) is 6.08 Å². The van der Waals surface area contributed by atoms with Gasteiger partial charge in [0, 0.05) is 45.1 Å². The number of nitrogens with zero attached hydrogens (tertiary/aromatic N) is 2. The van der Waals surface area contributed by atoms with Gasteiger partial charge in [0.15, 0.2) is 0 Å². The highest BCUT2D eigenvalue weighted by Gasteiger charge is 2.07. The Bertz CT molecular complexity index is 1060. The first-order valence-corrected chi connectivity index (χ1v) is 10.00. The van der Waals surface area contributed by atoms with Gasteiger partial charge < -0.3 is 14.5 Å². The third-order valence-electron chi connectivity index (χ3n) is 5.05. The van der Waals surface area contributed by atoms with Crippen molar-refractivity contribution in [3.63, 3.8) is 0 Å². The molecule has 0 spiro atoms. The third kappa shape index (κ3) is 5.95. The fourth-order valence-electron chi connectivity index (χ4n) is 3.26. The molecule has 160 valence electrons. The summed E-state index contributed by atoms with van der Waals surface area (Å²) < 4.78 is 18.7. The van der Waals surface area contributed by atoms with Crippen LogP contribution in [0.25, 0.3) is 17.2 Å². The Morgan fingerprint density at radius 3 is 2.10 bits per heavy atom. The number of anilines is 2. The lowest BCUT2D eigenvalue weighted by Gasteiger charge is -2.20. The molecular weight excluding hydrogens is 391 g/mol. The number of ether oxygens (including phenoxy) is 1. The molecule has 0 atom stereocenters. The molecule has 0 bridgehead atoms. The molecule has 0 N–H and O–H groups in total. The van der Waals surface area contributed by atoms with Crippen LogP contribution in [0.4, 0.5) is 15.8 Å². The number of hydrogen-bond acceptors (Lipinski definition) is 4. The molecule has 0 heterocycles. The van der Waals surface area contributed by atoms with Crippen LogP contribution in [0.1, 0.15) is 11.1 Å². The van der Waals surface area contributed by atoms with Crippen LogP contribution in [0.3, 0.4) is 0 Å². The van der Waals surface area contributed by atoms with Crippen molar-refractivity contribution in [2.24, 2.45) is 0 Å². The van der Waals surface area contributed by atoms with Gasteiger partial charge in [0.25, 0.3) is 0 Å². The quantitative estimate of drug-likeness (QED) is 0.381. The summed E-state index contributed by atoms with van der Waals surface area (Å²) in [6, 6.07) is 21.5. The maximum Gasteiger partial charge on any atom is 0.330 e. The molecule has 0 fully saturated rings. The molecule has 0 aliphatic rings. The zero-order valence-electron chi connectivity index (χ0n) is 18.3. The molecule has 4 nitrogen and oxygen atoms in total. The molecule has 31 heavy (non-hydrogen) atoms. The molecule has 0 radical (unpaired) electrons. The second-order valence-electron chi connectivity index (χ2n) is 7.59. The largest absolute Gasteiger partial charge is 0.466 e. The van der Waals surface area contributed by atoms with Gasteiger partial charge in [-0.1, -0.05) is 36.4 Å². The molecule has 0 aliphatic carbocycles. The molecule has 0 unspecified atom stereocenters. The average molecular weight is 419 g/mol.